The molecule has 0 bridgehead atoms. The fraction of sp³-hybridized carbons (Fsp3) is 0.750. The summed E-state index contributed by atoms with van der Waals surface area (Å²) in [6.07, 6.45) is 2.40. The molecule has 3 N–H and O–H groups in total. The van der Waals surface area contributed by atoms with E-state index in [1.165, 1.54) is 0 Å². The minimum atomic E-state index is -0.930. The Bertz CT molecular complexity index is 554. The third kappa shape index (κ3) is 3.41. The summed E-state index contributed by atoms with van der Waals surface area (Å²) in [6.45, 7) is 8.20. The van der Waals surface area contributed by atoms with Crippen molar-refractivity contribution in [1.29, 1.82) is 0 Å². The second-order valence-electron chi connectivity index (χ2n) is 7.06. The van der Waals surface area contributed by atoms with Crippen LogP contribution in [0.15, 0.2) is 12.3 Å². The maximum Gasteiger partial charge on any atom is 0.246 e. The lowest BCUT2D eigenvalue weighted by molar-refractivity contribution is -0.166. The van der Waals surface area contributed by atoms with Crippen LogP contribution in [0.4, 0.5) is 5.82 Å². The van der Waals surface area contributed by atoms with E-state index in [-0.39, 0.29) is 12.0 Å². The van der Waals surface area contributed by atoms with Crippen molar-refractivity contribution < 1.29 is 9.53 Å². The van der Waals surface area contributed by atoms with Crippen LogP contribution in [-0.2, 0) is 16.1 Å². The van der Waals surface area contributed by atoms with Gasteiger partial charge in [-0.05, 0) is 21.0 Å². The van der Waals surface area contributed by atoms with Gasteiger partial charge in [-0.2, -0.15) is 5.10 Å². The molecule has 7 heteroatoms. The van der Waals surface area contributed by atoms with Gasteiger partial charge in [0.2, 0.25) is 5.91 Å². The van der Waals surface area contributed by atoms with E-state index in [9.17, 15) is 4.79 Å². The predicted octanol–water partition coefficient (Wildman–Crippen LogP) is 0.916. The lowest BCUT2D eigenvalue weighted by atomic mass is 9.54. The smallest absolute Gasteiger partial charge is 0.246 e. The topological polar surface area (TPSA) is 85.4 Å². The van der Waals surface area contributed by atoms with Crippen LogP contribution in [0.3, 0.4) is 0 Å². The van der Waals surface area contributed by atoms with Crippen LogP contribution < -0.4 is 11.1 Å². The fourth-order valence-corrected chi connectivity index (χ4v) is 2.90. The highest BCUT2D eigenvalue weighted by Gasteiger charge is 2.62. The number of anilines is 1. The van der Waals surface area contributed by atoms with E-state index in [0.29, 0.717) is 18.8 Å². The molecule has 2 rings (SSSR count). The Morgan fingerprint density at radius 3 is 2.83 bits per heavy atom. The zero-order chi connectivity index (χ0) is 17.3. The van der Waals surface area contributed by atoms with Crippen LogP contribution in [0.2, 0.25) is 0 Å². The van der Waals surface area contributed by atoms with Gasteiger partial charge in [-0.15, -0.1) is 0 Å². The quantitative estimate of drug-likeness (QED) is 0.779. The molecule has 130 valence electrons. The molecule has 1 aliphatic carbocycles. The molecular weight excluding hydrogens is 294 g/mol. The first-order valence-electron chi connectivity index (χ1n) is 8.11. The normalized spacial score (nSPS) is 26.1. The van der Waals surface area contributed by atoms with E-state index < -0.39 is 11.0 Å². The number of amides is 1. The molecule has 2 unspecified atom stereocenters. The monoisotopic (exact) mass is 323 g/mol. The Balaban J connectivity index is 1.97. The Labute approximate surface area is 138 Å². The second-order valence-corrected chi connectivity index (χ2v) is 7.06. The Hall–Kier alpha value is -1.44. The number of rotatable bonds is 7. The van der Waals surface area contributed by atoms with Gasteiger partial charge in [0, 0.05) is 37.3 Å². The Kier molecular flexibility index (Phi) is 5.13. The van der Waals surface area contributed by atoms with E-state index in [1.54, 1.807) is 6.07 Å². The van der Waals surface area contributed by atoms with Crippen LogP contribution in [0, 0.1) is 5.41 Å². The summed E-state index contributed by atoms with van der Waals surface area (Å²) in [7, 11) is 4.02. The van der Waals surface area contributed by atoms with E-state index in [4.69, 9.17) is 10.5 Å². The van der Waals surface area contributed by atoms with Crippen molar-refractivity contribution in [2.24, 2.45) is 11.1 Å². The molecule has 0 radical (unpaired) electrons. The first-order valence-corrected chi connectivity index (χ1v) is 8.11. The van der Waals surface area contributed by atoms with Crippen molar-refractivity contribution in [3.8, 4) is 0 Å². The van der Waals surface area contributed by atoms with E-state index in [0.717, 1.165) is 13.1 Å². The first kappa shape index (κ1) is 17.9. The number of hydrogen-bond donors (Lipinski definition) is 2. The average Bonchev–Trinajstić information content (AvgIpc) is 2.92. The van der Waals surface area contributed by atoms with Gasteiger partial charge in [-0.3, -0.25) is 9.48 Å². The number of nitrogens with one attached hydrogen (secondary N) is 1. The first-order chi connectivity index (χ1) is 10.7. The van der Waals surface area contributed by atoms with Crippen molar-refractivity contribution in [2.75, 3.05) is 32.6 Å². The number of nitrogens with two attached hydrogens (primary N) is 1. The van der Waals surface area contributed by atoms with Gasteiger partial charge in [0.15, 0.2) is 5.82 Å². The maximum absolute atomic E-state index is 12.6. The number of carbonyl (C=O) groups is 1. The predicted molar refractivity (Wildman–Crippen MR) is 90.1 cm³/mol. The van der Waals surface area contributed by atoms with Crippen molar-refractivity contribution in [3.05, 3.63) is 12.3 Å². The molecule has 1 heterocycles. The van der Waals surface area contributed by atoms with Gasteiger partial charge < -0.3 is 20.7 Å². The summed E-state index contributed by atoms with van der Waals surface area (Å²) in [4.78, 5) is 14.7. The SMILES string of the molecule is CCOC1CC(N)(C(=O)Nc2ccn(CCN(C)C)n2)C1(C)C. The zero-order valence-electron chi connectivity index (χ0n) is 14.8. The second kappa shape index (κ2) is 6.59. The zero-order valence-corrected chi connectivity index (χ0v) is 14.8. The van der Waals surface area contributed by atoms with Crippen LogP contribution >= 0.6 is 0 Å². The summed E-state index contributed by atoms with van der Waals surface area (Å²) >= 11 is 0. The van der Waals surface area contributed by atoms with Crippen molar-refractivity contribution in [2.45, 2.75) is 45.4 Å². The maximum atomic E-state index is 12.6. The molecular formula is C16H29N5O2. The molecule has 0 aromatic carbocycles. The van der Waals surface area contributed by atoms with E-state index in [2.05, 4.69) is 15.3 Å². The van der Waals surface area contributed by atoms with E-state index in [1.807, 2.05) is 45.7 Å². The highest BCUT2D eigenvalue weighted by atomic mass is 16.5. The molecule has 1 aromatic rings. The summed E-state index contributed by atoms with van der Waals surface area (Å²) < 4.78 is 7.48. The molecule has 0 spiro atoms. The third-order valence-corrected chi connectivity index (χ3v) is 4.89. The average molecular weight is 323 g/mol. The molecule has 23 heavy (non-hydrogen) atoms. The number of aromatic nitrogens is 2. The van der Waals surface area contributed by atoms with Gasteiger partial charge >= 0.3 is 0 Å². The number of hydrogen-bond acceptors (Lipinski definition) is 5. The Morgan fingerprint density at radius 1 is 1.57 bits per heavy atom. The van der Waals surface area contributed by atoms with Crippen molar-refractivity contribution in [1.82, 2.24) is 14.7 Å². The summed E-state index contributed by atoms with van der Waals surface area (Å²) in [5.41, 5.74) is 5.03. The molecule has 1 amide bonds. The highest BCUT2D eigenvalue weighted by molar-refractivity contribution is 5.99. The molecule has 1 saturated carbocycles. The van der Waals surface area contributed by atoms with Crippen LogP contribution in [0.25, 0.3) is 0 Å². The molecule has 7 nitrogen and oxygen atoms in total. The summed E-state index contributed by atoms with van der Waals surface area (Å²) in [5.74, 6) is 0.338. The summed E-state index contributed by atoms with van der Waals surface area (Å²) in [5, 5.41) is 7.21. The molecule has 1 aromatic heterocycles. The van der Waals surface area contributed by atoms with Crippen molar-refractivity contribution >= 4 is 11.7 Å². The summed E-state index contributed by atoms with van der Waals surface area (Å²) in [6, 6.07) is 1.79. The van der Waals surface area contributed by atoms with Gasteiger partial charge in [0.05, 0.1) is 12.6 Å². The number of likely N-dealkylation sites (N-methyl/N-ethyl adjacent to an activating group) is 1. The van der Waals surface area contributed by atoms with Crippen LogP contribution in [0.1, 0.15) is 27.2 Å². The molecule has 2 atom stereocenters. The van der Waals surface area contributed by atoms with Crippen LogP contribution in [-0.4, -0.2) is 59.5 Å². The third-order valence-electron chi connectivity index (χ3n) is 4.89. The fourth-order valence-electron chi connectivity index (χ4n) is 2.90. The molecule has 0 aliphatic heterocycles. The molecule has 0 saturated heterocycles. The minimum Gasteiger partial charge on any atom is -0.378 e. The van der Waals surface area contributed by atoms with Gasteiger partial charge in [0.25, 0.3) is 0 Å². The number of nitrogens with zero attached hydrogens (tertiary/aromatic N) is 3. The largest absolute Gasteiger partial charge is 0.378 e. The number of carbonyl (C=O) groups excluding carboxylic acids is 1. The van der Waals surface area contributed by atoms with E-state index >= 15 is 0 Å². The minimum absolute atomic E-state index is 0.0147. The van der Waals surface area contributed by atoms with Gasteiger partial charge in [-0.1, -0.05) is 13.8 Å². The highest BCUT2D eigenvalue weighted by Crippen LogP contribution is 2.50. The van der Waals surface area contributed by atoms with Crippen LogP contribution in [0.5, 0.6) is 0 Å². The standard InChI is InChI=1S/C16H29N5O2/c1-6-23-12-11-16(17,15(12,2)3)14(22)18-13-7-8-21(19-13)10-9-20(4)5/h7-8,12H,6,9-11,17H2,1-5H3,(H,18,19,22). The lowest BCUT2D eigenvalue weighted by Gasteiger charge is -2.57. The molecule has 1 fully saturated rings. The number of ether oxygens (including phenoxy) is 1. The lowest BCUT2D eigenvalue weighted by Crippen LogP contribution is -2.74. The molecule has 1 aliphatic rings. The van der Waals surface area contributed by atoms with Gasteiger partial charge in [-0.25, -0.2) is 0 Å². The van der Waals surface area contributed by atoms with Gasteiger partial charge in [0.1, 0.15) is 5.54 Å². The van der Waals surface area contributed by atoms with Crippen molar-refractivity contribution in [3.63, 3.8) is 0 Å². The Morgan fingerprint density at radius 2 is 2.26 bits per heavy atom.